The number of aromatic amines is 1. The number of nitro groups is 1. The fourth-order valence-electron chi connectivity index (χ4n) is 0.580. The monoisotopic (exact) mass is 142 g/mol. The summed E-state index contributed by atoms with van der Waals surface area (Å²) in [5.74, 6) is 0.0317. The van der Waals surface area contributed by atoms with Crippen molar-refractivity contribution in [3.8, 4) is 0 Å². The number of nitrogen functional groups attached to an aromatic ring is 1. The third-order valence-corrected chi connectivity index (χ3v) is 1.20. The lowest BCUT2D eigenvalue weighted by Crippen LogP contribution is -1.90. The van der Waals surface area contributed by atoms with Gasteiger partial charge in [-0.2, -0.15) is 0 Å². The average Bonchev–Trinajstić information content (AvgIpc) is 2.14. The number of H-pyrrole nitrogens is 1. The maximum atomic E-state index is 10.1. The van der Waals surface area contributed by atoms with Crippen molar-refractivity contribution >= 4 is 11.6 Å². The zero-order valence-electron chi connectivity index (χ0n) is 5.29. The Morgan fingerprint density at radius 2 is 2.40 bits per heavy atom. The summed E-state index contributed by atoms with van der Waals surface area (Å²) >= 11 is 0. The molecule has 0 saturated heterocycles. The third-order valence-electron chi connectivity index (χ3n) is 1.20. The Hall–Kier alpha value is -1.59. The second kappa shape index (κ2) is 1.98. The fourth-order valence-corrected chi connectivity index (χ4v) is 0.580. The van der Waals surface area contributed by atoms with E-state index in [0.717, 1.165) is 0 Å². The normalized spacial score (nSPS) is 9.70. The molecule has 3 N–H and O–H groups in total. The number of nitrogens with two attached hydrogens (primary N) is 1. The van der Waals surface area contributed by atoms with Gasteiger partial charge in [0.25, 0.3) is 0 Å². The van der Waals surface area contributed by atoms with E-state index in [0.29, 0.717) is 5.56 Å². The summed E-state index contributed by atoms with van der Waals surface area (Å²) in [4.78, 5) is 9.56. The fraction of sp³-hybridized carbons (Fsp3) is 0.250. The highest BCUT2D eigenvalue weighted by Crippen LogP contribution is 2.17. The highest BCUT2D eigenvalue weighted by Gasteiger charge is 2.14. The Bertz CT molecular complexity index is 266. The van der Waals surface area contributed by atoms with Gasteiger partial charge in [0.15, 0.2) is 5.82 Å². The van der Waals surface area contributed by atoms with Crippen molar-refractivity contribution in [2.45, 2.75) is 6.92 Å². The molecule has 1 aromatic rings. The van der Waals surface area contributed by atoms with Gasteiger partial charge in [0.05, 0.1) is 5.56 Å². The molecule has 0 spiro atoms. The molecule has 54 valence electrons. The second-order valence-electron chi connectivity index (χ2n) is 1.84. The molecule has 0 aliphatic carbocycles. The largest absolute Gasteiger partial charge is 0.380 e. The van der Waals surface area contributed by atoms with Crippen LogP contribution in [0.1, 0.15) is 5.56 Å². The molecule has 1 aromatic heterocycles. The Morgan fingerprint density at radius 1 is 1.80 bits per heavy atom. The lowest BCUT2D eigenvalue weighted by atomic mass is 10.3. The summed E-state index contributed by atoms with van der Waals surface area (Å²) in [6.07, 6.45) is 0. The van der Waals surface area contributed by atoms with E-state index < -0.39 is 4.92 Å². The van der Waals surface area contributed by atoms with Gasteiger partial charge in [0.1, 0.15) is 0 Å². The molecular weight excluding hydrogens is 136 g/mol. The van der Waals surface area contributed by atoms with Crippen LogP contribution < -0.4 is 5.73 Å². The minimum Gasteiger partial charge on any atom is -0.380 e. The molecular formula is C4H6N4O2. The molecule has 6 nitrogen and oxygen atoms in total. The molecule has 0 aliphatic rings. The van der Waals surface area contributed by atoms with E-state index in [9.17, 15) is 10.1 Å². The molecule has 0 aromatic carbocycles. The summed E-state index contributed by atoms with van der Waals surface area (Å²) < 4.78 is 0. The Labute approximate surface area is 56.2 Å². The zero-order valence-corrected chi connectivity index (χ0v) is 5.29. The van der Waals surface area contributed by atoms with Crippen molar-refractivity contribution in [1.82, 2.24) is 10.2 Å². The number of hydrogen-bond donors (Lipinski definition) is 2. The SMILES string of the molecule is Cc1c(N)n[nH]c1[N+](=O)[O-]. The van der Waals surface area contributed by atoms with Crippen LogP contribution in [0.3, 0.4) is 0 Å². The highest BCUT2D eigenvalue weighted by atomic mass is 16.6. The van der Waals surface area contributed by atoms with Crippen LogP contribution in [-0.2, 0) is 0 Å². The first-order valence-corrected chi connectivity index (χ1v) is 2.57. The quantitative estimate of drug-likeness (QED) is 0.432. The second-order valence-corrected chi connectivity index (χ2v) is 1.84. The van der Waals surface area contributed by atoms with Gasteiger partial charge in [-0.1, -0.05) is 5.10 Å². The van der Waals surface area contributed by atoms with Crippen LogP contribution in [0.15, 0.2) is 0 Å². The molecule has 0 radical (unpaired) electrons. The molecule has 1 heterocycles. The van der Waals surface area contributed by atoms with Crippen LogP contribution in [-0.4, -0.2) is 15.1 Å². The van der Waals surface area contributed by atoms with Gasteiger partial charge in [-0.25, -0.2) is 0 Å². The molecule has 1 rings (SSSR count). The van der Waals surface area contributed by atoms with E-state index >= 15 is 0 Å². The van der Waals surface area contributed by atoms with Crippen LogP contribution in [0, 0.1) is 17.0 Å². The molecule has 0 atom stereocenters. The van der Waals surface area contributed by atoms with E-state index in [1.54, 1.807) is 0 Å². The number of aromatic nitrogens is 2. The molecule has 0 aliphatic heterocycles. The van der Waals surface area contributed by atoms with Gasteiger partial charge >= 0.3 is 5.82 Å². The van der Waals surface area contributed by atoms with Crippen LogP contribution >= 0.6 is 0 Å². The van der Waals surface area contributed by atoms with Crippen LogP contribution in [0.25, 0.3) is 0 Å². The minimum atomic E-state index is -0.557. The van der Waals surface area contributed by atoms with Crippen LogP contribution in [0.5, 0.6) is 0 Å². The van der Waals surface area contributed by atoms with Crippen LogP contribution in [0.4, 0.5) is 11.6 Å². The minimum absolute atomic E-state index is 0.141. The van der Waals surface area contributed by atoms with Crippen LogP contribution in [0.2, 0.25) is 0 Å². The summed E-state index contributed by atoms with van der Waals surface area (Å²) in [6.45, 7) is 1.54. The molecule has 0 bridgehead atoms. The Morgan fingerprint density at radius 3 is 2.60 bits per heavy atom. The summed E-state index contributed by atoms with van der Waals surface area (Å²) in [5, 5.41) is 15.8. The standard InChI is InChI=1S/C4H6N4O2/c1-2-3(5)6-7-4(2)8(9)10/h1H3,(H3,5,6,7). The van der Waals surface area contributed by atoms with Gasteiger partial charge in [-0.3, -0.25) is 0 Å². The molecule has 6 heteroatoms. The van der Waals surface area contributed by atoms with Gasteiger partial charge in [0, 0.05) is 0 Å². The van der Waals surface area contributed by atoms with Gasteiger partial charge < -0.3 is 15.8 Å². The van der Waals surface area contributed by atoms with Crippen molar-refractivity contribution in [3.63, 3.8) is 0 Å². The first-order chi connectivity index (χ1) is 4.63. The van der Waals surface area contributed by atoms with Crippen molar-refractivity contribution in [2.75, 3.05) is 5.73 Å². The number of nitrogens with zero attached hydrogens (tertiary/aromatic N) is 2. The molecule has 0 fully saturated rings. The maximum absolute atomic E-state index is 10.1. The molecule has 10 heavy (non-hydrogen) atoms. The molecule has 0 amide bonds. The first kappa shape index (κ1) is 6.53. The van der Waals surface area contributed by atoms with Crippen molar-refractivity contribution in [3.05, 3.63) is 15.7 Å². The van der Waals surface area contributed by atoms with E-state index in [1.807, 2.05) is 0 Å². The van der Waals surface area contributed by atoms with Gasteiger partial charge in [-0.15, -0.1) is 5.10 Å². The average molecular weight is 142 g/mol. The first-order valence-electron chi connectivity index (χ1n) is 2.57. The van der Waals surface area contributed by atoms with E-state index in [4.69, 9.17) is 5.73 Å². The topological polar surface area (TPSA) is 97.8 Å². The number of anilines is 1. The Balaban J connectivity index is 3.17. The summed E-state index contributed by atoms with van der Waals surface area (Å²) in [5.41, 5.74) is 5.61. The van der Waals surface area contributed by atoms with E-state index in [1.165, 1.54) is 6.92 Å². The molecule has 0 saturated carbocycles. The van der Waals surface area contributed by atoms with E-state index in [2.05, 4.69) is 10.2 Å². The number of rotatable bonds is 1. The summed E-state index contributed by atoms with van der Waals surface area (Å²) in [6, 6.07) is 0. The van der Waals surface area contributed by atoms with Gasteiger partial charge in [-0.05, 0) is 11.8 Å². The van der Waals surface area contributed by atoms with Crippen molar-refractivity contribution in [2.24, 2.45) is 0 Å². The Kier molecular flexibility index (Phi) is 1.29. The lowest BCUT2D eigenvalue weighted by Gasteiger charge is -1.88. The van der Waals surface area contributed by atoms with Crippen molar-refractivity contribution < 1.29 is 4.92 Å². The predicted octanol–water partition coefficient (Wildman–Crippen LogP) is 0.209. The predicted molar refractivity (Wildman–Crippen MR) is 34.4 cm³/mol. The molecule has 0 unspecified atom stereocenters. The van der Waals surface area contributed by atoms with Gasteiger partial charge in [0.2, 0.25) is 0 Å². The zero-order chi connectivity index (χ0) is 7.72. The number of nitrogens with one attached hydrogen (secondary N) is 1. The number of hydrogen-bond acceptors (Lipinski definition) is 4. The smallest absolute Gasteiger partial charge is 0.347 e. The highest BCUT2D eigenvalue weighted by molar-refractivity contribution is 5.47. The summed E-state index contributed by atoms with van der Waals surface area (Å²) in [7, 11) is 0. The van der Waals surface area contributed by atoms with Crippen molar-refractivity contribution in [1.29, 1.82) is 0 Å². The third kappa shape index (κ3) is 0.790. The maximum Gasteiger partial charge on any atom is 0.347 e. The van der Waals surface area contributed by atoms with E-state index in [-0.39, 0.29) is 11.6 Å². The lowest BCUT2D eigenvalue weighted by molar-refractivity contribution is -0.390.